The van der Waals surface area contributed by atoms with Gasteiger partial charge in [-0.1, -0.05) is 36.4 Å². The van der Waals surface area contributed by atoms with Crippen molar-refractivity contribution in [2.45, 2.75) is 20.3 Å². The Labute approximate surface area is 135 Å². The Hall–Kier alpha value is -2.06. The number of amides is 1. The molecule has 0 aliphatic carbocycles. The van der Waals surface area contributed by atoms with E-state index in [0.29, 0.717) is 16.8 Å². The number of nitrogens with zero attached hydrogens (tertiary/aromatic N) is 3. The number of anilines is 1. The Morgan fingerprint density at radius 1 is 1.41 bits per heavy atom. The maximum Gasteiger partial charge on any atom is 0.279 e. The monoisotopic (exact) mass is 334 g/mol. The molecular weight excluding hydrogens is 320 g/mol. The van der Waals surface area contributed by atoms with E-state index in [4.69, 9.17) is 4.52 Å². The average Bonchev–Trinajstić information content (AvgIpc) is 3.19. The minimum absolute atomic E-state index is 0.226. The van der Waals surface area contributed by atoms with Crippen LogP contribution in [0.15, 0.2) is 28.1 Å². The van der Waals surface area contributed by atoms with Crippen LogP contribution in [-0.4, -0.2) is 21.3 Å². The average molecular weight is 334 g/mol. The van der Waals surface area contributed by atoms with Crippen molar-refractivity contribution in [2.24, 2.45) is 5.92 Å². The van der Waals surface area contributed by atoms with Crippen LogP contribution >= 0.6 is 22.7 Å². The number of rotatable bonds is 5. The Balaban J connectivity index is 1.68. The summed E-state index contributed by atoms with van der Waals surface area (Å²) in [5, 5.41) is 17.8. The molecule has 0 fully saturated rings. The summed E-state index contributed by atoms with van der Waals surface area (Å²) in [6.45, 7) is 4.22. The van der Waals surface area contributed by atoms with Crippen molar-refractivity contribution in [2.75, 3.05) is 5.32 Å². The Bertz CT molecular complexity index is 762. The van der Waals surface area contributed by atoms with Crippen molar-refractivity contribution < 1.29 is 9.32 Å². The van der Waals surface area contributed by atoms with E-state index in [1.165, 1.54) is 22.7 Å². The van der Waals surface area contributed by atoms with E-state index in [1.807, 2.05) is 17.5 Å². The minimum atomic E-state index is -0.348. The maximum absolute atomic E-state index is 12.1. The highest BCUT2D eigenvalue weighted by atomic mass is 32.1. The van der Waals surface area contributed by atoms with Gasteiger partial charge in [0, 0.05) is 12.5 Å². The van der Waals surface area contributed by atoms with Crippen molar-refractivity contribution in [1.29, 1.82) is 0 Å². The van der Waals surface area contributed by atoms with Crippen LogP contribution in [0.2, 0.25) is 0 Å². The lowest BCUT2D eigenvalue weighted by atomic mass is 10.1. The predicted octanol–water partition coefficient (Wildman–Crippen LogP) is 3.71. The van der Waals surface area contributed by atoms with Crippen LogP contribution in [0.25, 0.3) is 10.6 Å². The van der Waals surface area contributed by atoms with Gasteiger partial charge in [0.1, 0.15) is 5.01 Å². The Morgan fingerprint density at radius 3 is 3.00 bits per heavy atom. The lowest BCUT2D eigenvalue weighted by Crippen LogP contribution is -2.11. The molecule has 3 rings (SSSR count). The fourth-order valence-corrected chi connectivity index (χ4v) is 3.43. The normalized spacial score (nSPS) is 11.0. The molecule has 0 atom stereocenters. The van der Waals surface area contributed by atoms with Crippen LogP contribution in [0.1, 0.15) is 29.3 Å². The van der Waals surface area contributed by atoms with Crippen molar-refractivity contribution in [3.05, 3.63) is 34.3 Å². The van der Waals surface area contributed by atoms with Gasteiger partial charge < -0.3 is 4.52 Å². The second kappa shape index (κ2) is 6.37. The van der Waals surface area contributed by atoms with Crippen LogP contribution in [-0.2, 0) is 6.42 Å². The number of hydrogen-bond donors (Lipinski definition) is 1. The van der Waals surface area contributed by atoms with Crippen molar-refractivity contribution in [1.82, 2.24) is 15.4 Å². The van der Waals surface area contributed by atoms with Gasteiger partial charge in [-0.15, -0.1) is 21.5 Å². The summed E-state index contributed by atoms with van der Waals surface area (Å²) in [6, 6.07) is 5.45. The van der Waals surface area contributed by atoms with Gasteiger partial charge in [0.25, 0.3) is 5.91 Å². The number of hydrogen-bond acceptors (Lipinski definition) is 7. The van der Waals surface area contributed by atoms with E-state index < -0.39 is 0 Å². The third-order valence-electron chi connectivity index (χ3n) is 2.78. The molecule has 0 bridgehead atoms. The molecule has 0 radical (unpaired) electrons. The third-order valence-corrected chi connectivity index (χ3v) is 4.52. The molecule has 0 saturated heterocycles. The zero-order valence-corrected chi connectivity index (χ0v) is 13.7. The Morgan fingerprint density at radius 2 is 2.27 bits per heavy atom. The molecule has 3 aromatic rings. The fourth-order valence-electron chi connectivity index (χ4n) is 1.81. The van der Waals surface area contributed by atoms with Crippen LogP contribution in [0.3, 0.4) is 0 Å². The van der Waals surface area contributed by atoms with Gasteiger partial charge in [0.15, 0.2) is 11.5 Å². The van der Waals surface area contributed by atoms with E-state index in [0.717, 1.165) is 16.3 Å². The summed E-state index contributed by atoms with van der Waals surface area (Å²) >= 11 is 2.91. The molecule has 8 heteroatoms. The van der Waals surface area contributed by atoms with Gasteiger partial charge in [-0.3, -0.25) is 10.1 Å². The van der Waals surface area contributed by atoms with Gasteiger partial charge in [0.2, 0.25) is 5.13 Å². The quantitative estimate of drug-likeness (QED) is 0.769. The van der Waals surface area contributed by atoms with Gasteiger partial charge in [-0.05, 0) is 17.4 Å². The summed E-state index contributed by atoms with van der Waals surface area (Å²) in [7, 11) is 0. The number of nitrogens with one attached hydrogen (secondary N) is 1. The van der Waals surface area contributed by atoms with Crippen molar-refractivity contribution >= 4 is 33.7 Å². The number of aromatic nitrogens is 3. The maximum atomic E-state index is 12.1. The molecule has 0 aliphatic heterocycles. The predicted molar refractivity (Wildman–Crippen MR) is 86.2 cm³/mol. The molecule has 1 amide bonds. The summed E-state index contributed by atoms with van der Waals surface area (Å²) in [5.41, 5.74) is 0.226. The first-order chi connectivity index (χ1) is 10.6. The Kier molecular flexibility index (Phi) is 4.30. The smallest absolute Gasteiger partial charge is 0.279 e. The minimum Gasteiger partial charge on any atom is -0.355 e. The summed E-state index contributed by atoms with van der Waals surface area (Å²) in [4.78, 5) is 13.1. The molecule has 1 N–H and O–H groups in total. The van der Waals surface area contributed by atoms with Gasteiger partial charge in [0.05, 0.1) is 4.88 Å². The van der Waals surface area contributed by atoms with Crippen molar-refractivity contribution in [3.63, 3.8) is 0 Å². The van der Waals surface area contributed by atoms with Crippen LogP contribution < -0.4 is 5.32 Å². The second-order valence-corrected chi connectivity index (χ2v) is 7.12. The standard InChI is InChI=1S/C14H14N4O2S2/c1-8(2)6-12-16-17-14(22-12)15-13(19)9-7-10(20-18-9)11-4-3-5-21-11/h3-5,7-8H,6H2,1-2H3,(H,15,17,19). The van der Waals surface area contributed by atoms with E-state index in [1.54, 1.807) is 6.07 Å². The molecule has 0 spiro atoms. The summed E-state index contributed by atoms with van der Waals surface area (Å²) in [5.74, 6) is 0.733. The molecule has 0 aromatic carbocycles. The van der Waals surface area contributed by atoms with Crippen molar-refractivity contribution in [3.8, 4) is 10.6 Å². The fraction of sp³-hybridized carbons (Fsp3) is 0.286. The van der Waals surface area contributed by atoms with Gasteiger partial charge in [-0.2, -0.15) is 0 Å². The van der Waals surface area contributed by atoms with Gasteiger partial charge >= 0.3 is 0 Å². The molecule has 3 heterocycles. The molecule has 0 saturated carbocycles. The topological polar surface area (TPSA) is 80.9 Å². The van der Waals surface area contributed by atoms with E-state index in [-0.39, 0.29) is 11.6 Å². The van der Waals surface area contributed by atoms with Crippen LogP contribution in [0, 0.1) is 5.92 Å². The highest BCUT2D eigenvalue weighted by Gasteiger charge is 2.16. The lowest BCUT2D eigenvalue weighted by molar-refractivity contribution is 0.101. The van der Waals surface area contributed by atoms with Crippen LogP contribution in [0.5, 0.6) is 0 Å². The molecule has 114 valence electrons. The second-order valence-electron chi connectivity index (χ2n) is 5.11. The third kappa shape index (κ3) is 3.40. The van der Waals surface area contributed by atoms with E-state index in [2.05, 4.69) is 34.5 Å². The highest BCUT2D eigenvalue weighted by molar-refractivity contribution is 7.15. The first kappa shape index (κ1) is 14.9. The number of thiophene rings is 1. The summed E-state index contributed by atoms with van der Waals surface area (Å²) in [6.07, 6.45) is 0.847. The van der Waals surface area contributed by atoms with Gasteiger partial charge in [-0.25, -0.2) is 0 Å². The summed E-state index contributed by atoms with van der Waals surface area (Å²) < 4.78 is 5.19. The molecule has 6 nitrogen and oxygen atoms in total. The molecular formula is C14H14N4O2S2. The number of carbonyl (C=O) groups is 1. The van der Waals surface area contributed by atoms with Crippen LogP contribution in [0.4, 0.5) is 5.13 Å². The first-order valence-electron chi connectivity index (χ1n) is 6.76. The SMILES string of the molecule is CC(C)Cc1nnc(NC(=O)c2cc(-c3cccs3)on2)s1. The number of carbonyl (C=O) groups excluding carboxylic acids is 1. The zero-order valence-electron chi connectivity index (χ0n) is 12.1. The highest BCUT2D eigenvalue weighted by Crippen LogP contribution is 2.25. The molecule has 3 aromatic heterocycles. The first-order valence-corrected chi connectivity index (χ1v) is 8.46. The molecule has 22 heavy (non-hydrogen) atoms. The van der Waals surface area contributed by atoms with E-state index >= 15 is 0 Å². The zero-order chi connectivity index (χ0) is 15.5. The van der Waals surface area contributed by atoms with E-state index in [9.17, 15) is 4.79 Å². The lowest BCUT2D eigenvalue weighted by Gasteiger charge is -1.97. The molecule has 0 unspecified atom stereocenters. The molecule has 0 aliphatic rings. The largest absolute Gasteiger partial charge is 0.355 e.